The lowest BCUT2D eigenvalue weighted by molar-refractivity contribution is -0.117. The van der Waals surface area contributed by atoms with E-state index < -0.39 is 0 Å². The zero-order valence-corrected chi connectivity index (χ0v) is 16.5. The molecule has 0 saturated heterocycles. The van der Waals surface area contributed by atoms with E-state index in [0.29, 0.717) is 0 Å². The van der Waals surface area contributed by atoms with Crippen LogP contribution < -0.4 is 5.32 Å². The van der Waals surface area contributed by atoms with Crippen LogP contribution in [0, 0.1) is 13.8 Å². The Kier molecular flexibility index (Phi) is 5.75. The standard InChI is InChI=1S/C23H27N3O/c1-5-18(17-10-8-7-9-11-17)23(27)24-22-20(6-2)25-26-21(22)19-13-12-15(3)14-16(19)4/h7-14,18H,5-6H2,1-4H3,(H,24,27)(H,25,26)/t18-/m1/s1. The van der Waals surface area contributed by atoms with Crippen LogP contribution in [0.2, 0.25) is 0 Å². The third-order valence-corrected chi connectivity index (χ3v) is 5.01. The SMILES string of the molecule is CCc1[nH]nc(-c2ccc(C)cc2C)c1NC(=O)[C@H](CC)c1ccccc1. The van der Waals surface area contributed by atoms with Gasteiger partial charge in [0, 0.05) is 5.56 Å². The Bertz CT molecular complexity index is 928. The van der Waals surface area contributed by atoms with Crippen LogP contribution in [0.25, 0.3) is 11.3 Å². The largest absolute Gasteiger partial charge is 0.322 e. The van der Waals surface area contributed by atoms with E-state index in [0.717, 1.165) is 46.6 Å². The van der Waals surface area contributed by atoms with Gasteiger partial charge in [-0.15, -0.1) is 0 Å². The van der Waals surface area contributed by atoms with Crippen molar-refractivity contribution in [3.63, 3.8) is 0 Å². The Morgan fingerprint density at radius 2 is 1.85 bits per heavy atom. The zero-order valence-electron chi connectivity index (χ0n) is 16.5. The van der Waals surface area contributed by atoms with Gasteiger partial charge in [-0.25, -0.2) is 0 Å². The minimum Gasteiger partial charge on any atom is -0.322 e. The molecular formula is C23H27N3O. The van der Waals surface area contributed by atoms with Crippen molar-refractivity contribution in [1.29, 1.82) is 0 Å². The summed E-state index contributed by atoms with van der Waals surface area (Å²) >= 11 is 0. The van der Waals surface area contributed by atoms with Crippen LogP contribution in [-0.2, 0) is 11.2 Å². The van der Waals surface area contributed by atoms with Gasteiger partial charge >= 0.3 is 0 Å². The van der Waals surface area contributed by atoms with Crippen LogP contribution >= 0.6 is 0 Å². The van der Waals surface area contributed by atoms with Gasteiger partial charge in [-0.05, 0) is 37.8 Å². The lowest BCUT2D eigenvalue weighted by Crippen LogP contribution is -2.21. The summed E-state index contributed by atoms with van der Waals surface area (Å²) < 4.78 is 0. The van der Waals surface area contributed by atoms with Crippen molar-refractivity contribution in [2.24, 2.45) is 0 Å². The van der Waals surface area contributed by atoms with Crippen molar-refractivity contribution in [1.82, 2.24) is 10.2 Å². The highest BCUT2D eigenvalue weighted by molar-refractivity contribution is 5.99. The number of rotatable bonds is 6. The quantitative estimate of drug-likeness (QED) is 0.618. The highest BCUT2D eigenvalue weighted by atomic mass is 16.1. The van der Waals surface area contributed by atoms with Crippen LogP contribution in [0.1, 0.15) is 48.6 Å². The van der Waals surface area contributed by atoms with Gasteiger partial charge < -0.3 is 5.32 Å². The maximum atomic E-state index is 13.1. The smallest absolute Gasteiger partial charge is 0.232 e. The topological polar surface area (TPSA) is 57.8 Å². The molecule has 1 aromatic heterocycles. The molecule has 1 amide bonds. The number of carbonyl (C=O) groups is 1. The minimum absolute atomic E-state index is 0.00538. The summed E-state index contributed by atoms with van der Waals surface area (Å²) in [5.74, 6) is -0.177. The van der Waals surface area contributed by atoms with Crippen LogP contribution in [-0.4, -0.2) is 16.1 Å². The lowest BCUT2D eigenvalue weighted by atomic mass is 9.95. The van der Waals surface area contributed by atoms with Crippen molar-refractivity contribution in [2.45, 2.75) is 46.5 Å². The lowest BCUT2D eigenvalue weighted by Gasteiger charge is -2.16. The van der Waals surface area contributed by atoms with Gasteiger partial charge in [0.05, 0.1) is 17.3 Å². The second-order valence-corrected chi connectivity index (χ2v) is 6.96. The first-order valence-corrected chi connectivity index (χ1v) is 9.55. The van der Waals surface area contributed by atoms with Crippen molar-refractivity contribution >= 4 is 11.6 Å². The molecule has 0 radical (unpaired) electrons. The van der Waals surface area contributed by atoms with Crippen LogP contribution in [0.5, 0.6) is 0 Å². The number of aromatic nitrogens is 2. The molecule has 3 rings (SSSR count). The number of hydrogen-bond donors (Lipinski definition) is 2. The molecule has 2 aromatic carbocycles. The van der Waals surface area contributed by atoms with Gasteiger partial charge in [0.15, 0.2) is 0 Å². The number of aromatic amines is 1. The Hall–Kier alpha value is -2.88. The van der Waals surface area contributed by atoms with E-state index in [2.05, 4.69) is 54.5 Å². The summed E-state index contributed by atoms with van der Waals surface area (Å²) in [6.07, 6.45) is 1.52. The number of benzene rings is 2. The Morgan fingerprint density at radius 1 is 1.11 bits per heavy atom. The maximum Gasteiger partial charge on any atom is 0.232 e. The van der Waals surface area contributed by atoms with Crippen LogP contribution in [0.3, 0.4) is 0 Å². The van der Waals surface area contributed by atoms with E-state index >= 15 is 0 Å². The zero-order chi connectivity index (χ0) is 19.4. The number of hydrogen-bond acceptors (Lipinski definition) is 2. The summed E-state index contributed by atoms with van der Waals surface area (Å²) in [4.78, 5) is 13.1. The van der Waals surface area contributed by atoms with E-state index in [4.69, 9.17) is 0 Å². The normalized spacial score (nSPS) is 12.0. The molecule has 0 aliphatic rings. The fourth-order valence-corrected chi connectivity index (χ4v) is 3.51. The monoisotopic (exact) mass is 361 g/mol. The molecule has 0 saturated carbocycles. The highest BCUT2D eigenvalue weighted by Crippen LogP contribution is 2.33. The maximum absolute atomic E-state index is 13.1. The molecule has 0 fully saturated rings. The van der Waals surface area contributed by atoms with E-state index in [-0.39, 0.29) is 11.8 Å². The molecule has 0 aliphatic heterocycles. The Balaban J connectivity index is 1.96. The molecular weight excluding hydrogens is 334 g/mol. The van der Waals surface area contributed by atoms with Gasteiger partial charge in [0.25, 0.3) is 0 Å². The van der Waals surface area contributed by atoms with Crippen molar-refractivity contribution in [2.75, 3.05) is 5.32 Å². The van der Waals surface area contributed by atoms with Crippen molar-refractivity contribution in [3.05, 3.63) is 70.9 Å². The third-order valence-electron chi connectivity index (χ3n) is 5.01. The van der Waals surface area contributed by atoms with E-state index in [1.54, 1.807) is 0 Å². The van der Waals surface area contributed by atoms with Gasteiger partial charge in [-0.3, -0.25) is 9.89 Å². The van der Waals surface area contributed by atoms with Gasteiger partial charge in [-0.1, -0.05) is 67.9 Å². The van der Waals surface area contributed by atoms with Gasteiger partial charge in [0.1, 0.15) is 5.69 Å². The molecule has 0 bridgehead atoms. The van der Waals surface area contributed by atoms with E-state index in [1.807, 2.05) is 37.3 Å². The van der Waals surface area contributed by atoms with Crippen LogP contribution in [0.4, 0.5) is 5.69 Å². The highest BCUT2D eigenvalue weighted by Gasteiger charge is 2.23. The molecule has 0 spiro atoms. The summed E-state index contributed by atoms with van der Waals surface area (Å²) in [7, 11) is 0. The molecule has 4 heteroatoms. The number of amides is 1. The Morgan fingerprint density at radius 3 is 2.48 bits per heavy atom. The average molecular weight is 361 g/mol. The summed E-state index contributed by atoms with van der Waals surface area (Å²) in [5.41, 5.74) is 6.98. The fourth-order valence-electron chi connectivity index (χ4n) is 3.51. The third kappa shape index (κ3) is 3.95. The number of nitrogens with one attached hydrogen (secondary N) is 2. The van der Waals surface area contributed by atoms with E-state index in [1.165, 1.54) is 5.56 Å². The molecule has 27 heavy (non-hydrogen) atoms. The van der Waals surface area contributed by atoms with Crippen LogP contribution in [0.15, 0.2) is 48.5 Å². The summed E-state index contributed by atoms with van der Waals surface area (Å²) in [6.45, 7) is 8.25. The second-order valence-electron chi connectivity index (χ2n) is 6.96. The molecule has 1 atom stereocenters. The summed E-state index contributed by atoms with van der Waals surface area (Å²) in [5, 5.41) is 10.8. The van der Waals surface area contributed by atoms with Crippen molar-refractivity contribution in [3.8, 4) is 11.3 Å². The predicted octanol–water partition coefficient (Wildman–Crippen LogP) is 5.39. The predicted molar refractivity (Wildman–Crippen MR) is 111 cm³/mol. The van der Waals surface area contributed by atoms with Gasteiger partial charge in [-0.2, -0.15) is 5.10 Å². The fraction of sp³-hybridized carbons (Fsp3) is 0.304. The first kappa shape index (κ1) is 18.9. The summed E-state index contributed by atoms with van der Waals surface area (Å²) in [6, 6.07) is 16.2. The molecule has 3 aromatic rings. The van der Waals surface area contributed by atoms with Crippen molar-refractivity contribution < 1.29 is 4.79 Å². The minimum atomic E-state index is -0.183. The molecule has 140 valence electrons. The first-order valence-electron chi connectivity index (χ1n) is 9.55. The molecule has 0 unspecified atom stereocenters. The number of carbonyl (C=O) groups excluding carboxylic acids is 1. The average Bonchev–Trinajstić information content (AvgIpc) is 3.05. The van der Waals surface area contributed by atoms with E-state index in [9.17, 15) is 4.79 Å². The molecule has 0 aliphatic carbocycles. The molecule has 4 nitrogen and oxygen atoms in total. The molecule has 2 N–H and O–H groups in total. The Labute approximate surface area is 161 Å². The number of anilines is 1. The first-order chi connectivity index (χ1) is 13.0. The number of H-pyrrole nitrogens is 1. The number of aryl methyl sites for hydroxylation is 3. The second kappa shape index (κ2) is 8.21. The van der Waals surface area contributed by atoms with Gasteiger partial charge in [0.2, 0.25) is 5.91 Å². The molecule has 1 heterocycles. The number of nitrogens with zero attached hydrogens (tertiary/aromatic N) is 1.